The Morgan fingerprint density at radius 2 is 2.16 bits per heavy atom. The fraction of sp³-hybridized carbons (Fsp3) is 0.385. The van der Waals surface area contributed by atoms with E-state index < -0.39 is 11.6 Å². The van der Waals surface area contributed by atoms with Crippen LogP contribution in [0.2, 0.25) is 0 Å². The number of hydrogen-bond acceptors (Lipinski definition) is 4. The van der Waals surface area contributed by atoms with Crippen LogP contribution in [0.15, 0.2) is 29.4 Å². The number of halogens is 1. The zero-order valence-corrected chi connectivity index (χ0v) is 10.6. The molecule has 1 amide bonds. The molecule has 1 aromatic carbocycles. The van der Waals surface area contributed by atoms with E-state index in [1.54, 1.807) is 25.1 Å². The molecule has 0 atom stereocenters. The van der Waals surface area contributed by atoms with Crippen molar-refractivity contribution in [1.29, 1.82) is 0 Å². The molecule has 0 bridgehead atoms. The average Bonchev–Trinajstić information content (AvgIpc) is 2.78. The first-order valence-electron chi connectivity index (χ1n) is 5.93. The summed E-state index contributed by atoms with van der Waals surface area (Å²) >= 11 is 0. The lowest BCUT2D eigenvalue weighted by atomic mass is 10.2. The normalized spacial score (nSPS) is 17.8. The van der Waals surface area contributed by atoms with Crippen molar-refractivity contribution in [3.63, 3.8) is 0 Å². The molecule has 0 unspecified atom stereocenters. The topological polar surface area (TPSA) is 59.9 Å². The van der Waals surface area contributed by atoms with E-state index in [-0.39, 0.29) is 12.3 Å². The van der Waals surface area contributed by atoms with Gasteiger partial charge in [0.1, 0.15) is 5.82 Å². The van der Waals surface area contributed by atoms with Crippen LogP contribution in [0.1, 0.15) is 18.9 Å². The maximum absolute atomic E-state index is 13.3. The Hall–Kier alpha value is -1.79. The van der Waals surface area contributed by atoms with Crippen molar-refractivity contribution in [2.24, 2.45) is 5.10 Å². The Kier molecular flexibility index (Phi) is 4.24. The first kappa shape index (κ1) is 13.6. The largest absolute Gasteiger partial charge is 0.347 e. The minimum absolute atomic E-state index is 0.0433. The van der Waals surface area contributed by atoms with Crippen molar-refractivity contribution in [3.05, 3.63) is 35.6 Å². The highest BCUT2D eigenvalue weighted by Crippen LogP contribution is 2.22. The maximum atomic E-state index is 13.3. The van der Waals surface area contributed by atoms with Crippen molar-refractivity contribution >= 4 is 12.1 Å². The van der Waals surface area contributed by atoms with E-state index in [1.165, 1.54) is 12.3 Å². The van der Waals surface area contributed by atoms with E-state index in [1.807, 2.05) is 0 Å². The maximum Gasteiger partial charge on any atom is 0.245 e. The summed E-state index contributed by atoms with van der Waals surface area (Å²) in [5.41, 5.74) is 2.62. The van der Waals surface area contributed by atoms with Crippen LogP contribution in [-0.4, -0.2) is 31.1 Å². The van der Waals surface area contributed by atoms with Crippen LogP contribution in [0.4, 0.5) is 4.39 Å². The van der Waals surface area contributed by atoms with E-state index in [0.717, 1.165) is 0 Å². The molecule has 5 nitrogen and oxygen atoms in total. The van der Waals surface area contributed by atoms with Crippen LogP contribution < -0.4 is 5.43 Å². The molecular formula is C13H15FN2O3. The lowest BCUT2D eigenvalue weighted by Gasteiger charge is -2.20. The molecule has 1 aliphatic heterocycles. The second kappa shape index (κ2) is 5.90. The molecule has 1 aliphatic rings. The molecule has 0 aliphatic carbocycles. The molecule has 0 aromatic heterocycles. The monoisotopic (exact) mass is 266 g/mol. The lowest BCUT2D eigenvalue weighted by Crippen LogP contribution is -2.33. The van der Waals surface area contributed by atoms with Crippen LogP contribution in [-0.2, 0) is 14.3 Å². The molecule has 1 heterocycles. The van der Waals surface area contributed by atoms with Gasteiger partial charge in [-0.1, -0.05) is 18.2 Å². The SMILES string of the molecule is CC1(CC(=O)N/N=C\c2ccccc2F)OCCO1. The quantitative estimate of drug-likeness (QED) is 0.662. The first-order chi connectivity index (χ1) is 9.09. The van der Waals surface area contributed by atoms with Crippen molar-refractivity contribution < 1.29 is 18.7 Å². The van der Waals surface area contributed by atoms with Gasteiger partial charge in [-0.15, -0.1) is 0 Å². The Labute approximate surface area is 110 Å². The number of hydrazone groups is 1. The van der Waals surface area contributed by atoms with Gasteiger partial charge >= 0.3 is 0 Å². The third-order valence-corrected chi connectivity index (χ3v) is 2.68. The predicted octanol–water partition coefficient (Wildman–Crippen LogP) is 1.43. The van der Waals surface area contributed by atoms with Gasteiger partial charge in [0.15, 0.2) is 5.79 Å². The van der Waals surface area contributed by atoms with E-state index in [9.17, 15) is 9.18 Å². The number of carbonyl (C=O) groups is 1. The number of ether oxygens (including phenoxy) is 2. The molecule has 1 N–H and O–H groups in total. The minimum Gasteiger partial charge on any atom is -0.347 e. The summed E-state index contributed by atoms with van der Waals surface area (Å²) in [6, 6.07) is 6.16. The molecule has 1 fully saturated rings. The van der Waals surface area contributed by atoms with Crippen molar-refractivity contribution in [3.8, 4) is 0 Å². The van der Waals surface area contributed by atoms with Crippen LogP contribution in [0.25, 0.3) is 0 Å². The molecule has 1 saturated heterocycles. The third-order valence-electron chi connectivity index (χ3n) is 2.68. The Morgan fingerprint density at radius 1 is 1.47 bits per heavy atom. The first-order valence-corrected chi connectivity index (χ1v) is 5.93. The van der Waals surface area contributed by atoms with Gasteiger partial charge in [-0.3, -0.25) is 4.79 Å². The van der Waals surface area contributed by atoms with Crippen molar-refractivity contribution in [2.45, 2.75) is 19.1 Å². The summed E-state index contributed by atoms with van der Waals surface area (Å²) in [5.74, 6) is -1.63. The second-order valence-electron chi connectivity index (χ2n) is 4.32. The number of nitrogens with zero attached hydrogens (tertiary/aromatic N) is 1. The minimum atomic E-state index is -0.891. The summed E-state index contributed by atoms with van der Waals surface area (Å²) in [6.07, 6.45) is 1.30. The standard InChI is InChI=1S/C13H15FN2O3/c1-13(18-6-7-19-13)8-12(17)16-15-9-10-4-2-3-5-11(10)14/h2-5,9H,6-8H2,1H3,(H,16,17)/b15-9-. The zero-order chi connectivity index (χ0) is 13.7. The average molecular weight is 266 g/mol. The fourth-order valence-corrected chi connectivity index (χ4v) is 1.74. The lowest BCUT2D eigenvalue weighted by molar-refractivity contribution is -0.159. The van der Waals surface area contributed by atoms with E-state index >= 15 is 0 Å². The molecule has 0 spiro atoms. The van der Waals surface area contributed by atoms with Gasteiger partial charge in [0.05, 0.1) is 25.8 Å². The zero-order valence-electron chi connectivity index (χ0n) is 10.6. The van der Waals surface area contributed by atoms with Gasteiger partial charge in [0, 0.05) is 5.56 Å². The number of nitrogens with one attached hydrogen (secondary N) is 1. The highest BCUT2D eigenvalue weighted by molar-refractivity contribution is 5.82. The number of hydrogen-bond donors (Lipinski definition) is 1. The summed E-state index contributed by atoms with van der Waals surface area (Å²) < 4.78 is 23.9. The van der Waals surface area contributed by atoms with Crippen LogP contribution >= 0.6 is 0 Å². The molecule has 6 heteroatoms. The van der Waals surface area contributed by atoms with E-state index in [4.69, 9.17) is 9.47 Å². The Morgan fingerprint density at radius 3 is 2.84 bits per heavy atom. The molecule has 102 valence electrons. The van der Waals surface area contributed by atoms with Crippen LogP contribution in [0.5, 0.6) is 0 Å². The molecular weight excluding hydrogens is 251 g/mol. The van der Waals surface area contributed by atoms with Crippen LogP contribution in [0.3, 0.4) is 0 Å². The summed E-state index contributed by atoms with van der Waals surface area (Å²) in [7, 11) is 0. The van der Waals surface area contributed by atoms with Gasteiger partial charge in [-0.05, 0) is 13.0 Å². The third kappa shape index (κ3) is 3.84. The molecule has 0 radical (unpaired) electrons. The Balaban J connectivity index is 1.85. The molecule has 0 saturated carbocycles. The van der Waals surface area contributed by atoms with Crippen molar-refractivity contribution in [2.75, 3.05) is 13.2 Å². The summed E-state index contributed by atoms with van der Waals surface area (Å²) in [5, 5.41) is 3.70. The molecule has 19 heavy (non-hydrogen) atoms. The number of rotatable bonds is 4. The van der Waals surface area contributed by atoms with E-state index in [0.29, 0.717) is 18.8 Å². The highest BCUT2D eigenvalue weighted by atomic mass is 19.1. The molecule has 1 aromatic rings. The summed E-state index contributed by atoms with van der Waals surface area (Å²) in [6.45, 7) is 2.64. The number of amides is 1. The predicted molar refractivity (Wildman–Crippen MR) is 67.1 cm³/mol. The smallest absolute Gasteiger partial charge is 0.245 e. The van der Waals surface area contributed by atoms with Crippen LogP contribution in [0, 0.1) is 5.82 Å². The fourth-order valence-electron chi connectivity index (χ4n) is 1.74. The van der Waals surface area contributed by atoms with Crippen molar-refractivity contribution in [1.82, 2.24) is 5.43 Å². The van der Waals surface area contributed by atoms with Gasteiger partial charge in [0.2, 0.25) is 5.91 Å². The second-order valence-corrected chi connectivity index (χ2v) is 4.32. The van der Waals surface area contributed by atoms with E-state index in [2.05, 4.69) is 10.5 Å². The summed E-state index contributed by atoms with van der Waals surface area (Å²) in [4.78, 5) is 11.6. The van der Waals surface area contributed by atoms with Gasteiger partial charge < -0.3 is 9.47 Å². The molecule has 2 rings (SSSR count). The number of benzene rings is 1. The van der Waals surface area contributed by atoms with Gasteiger partial charge in [0.25, 0.3) is 0 Å². The highest BCUT2D eigenvalue weighted by Gasteiger charge is 2.33. The van der Waals surface area contributed by atoms with Gasteiger partial charge in [-0.25, -0.2) is 9.82 Å². The van der Waals surface area contributed by atoms with Gasteiger partial charge in [-0.2, -0.15) is 5.10 Å². The number of carbonyl (C=O) groups excluding carboxylic acids is 1. The Bertz CT molecular complexity index is 485.